The average Bonchev–Trinajstić information content (AvgIpc) is 3.92. The second kappa shape index (κ2) is 12.0. The number of thioether (sulfide) groups is 1. The molecule has 6 aromatic rings. The molecule has 258 valence electrons. The largest absolute Gasteiger partial charge is 0.334 e. The standard InChI is InChI=1S/C49H40N2S2/c1-49(2)40-19-9-6-15-36(40)37-18-12-20-41(44(37)49)50(33-25-23-32(24-26-33)31-13-4-3-5-14-31)34-27-29-35(30-28-34)51-45-38-16-7-10-21-42(38)52-47(45)48-46(51)39-17-8-11-22-43(39)53-48/h4,6-30,41,44-45,47H,3,5H2,1-2H3. The van der Waals surface area contributed by atoms with Crippen LogP contribution in [0.25, 0.3) is 21.2 Å². The van der Waals surface area contributed by atoms with Gasteiger partial charge in [0.2, 0.25) is 0 Å². The van der Waals surface area contributed by atoms with Crippen molar-refractivity contribution in [3.8, 4) is 0 Å². The van der Waals surface area contributed by atoms with Crippen molar-refractivity contribution in [1.29, 1.82) is 0 Å². The molecule has 3 aliphatic carbocycles. The summed E-state index contributed by atoms with van der Waals surface area (Å²) < 4.78 is 1.37. The summed E-state index contributed by atoms with van der Waals surface area (Å²) in [7, 11) is 0. The zero-order valence-electron chi connectivity index (χ0n) is 29.9. The Morgan fingerprint density at radius 1 is 0.774 bits per heavy atom. The lowest BCUT2D eigenvalue weighted by Crippen LogP contribution is -2.43. The smallest absolute Gasteiger partial charge is 0.0774 e. The van der Waals surface area contributed by atoms with E-state index < -0.39 is 0 Å². The van der Waals surface area contributed by atoms with E-state index in [1.54, 1.807) is 0 Å². The Bertz CT molecular complexity index is 2550. The normalized spacial score (nSPS) is 22.9. The second-order valence-corrected chi connectivity index (χ2v) is 17.8. The molecule has 0 N–H and O–H groups in total. The van der Waals surface area contributed by atoms with E-state index in [1.807, 2.05) is 23.1 Å². The molecule has 2 aliphatic heterocycles. The van der Waals surface area contributed by atoms with E-state index in [-0.39, 0.29) is 17.5 Å². The first-order chi connectivity index (χ1) is 26.1. The summed E-state index contributed by atoms with van der Waals surface area (Å²) >= 11 is 4.02. The van der Waals surface area contributed by atoms with Crippen LogP contribution in [0, 0.1) is 5.92 Å². The van der Waals surface area contributed by atoms with E-state index in [2.05, 4.69) is 181 Å². The molecule has 4 atom stereocenters. The van der Waals surface area contributed by atoms with Crippen molar-refractivity contribution in [3.63, 3.8) is 0 Å². The SMILES string of the molecule is CC1(C)c2ccccc2C2=CC=CC(N(c3ccc(C4=CCCC=C4)cc3)c3ccc(N4c5c(sc6ccccc56)C5Sc6ccccc6C54)cc3)C21. The van der Waals surface area contributed by atoms with Gasteiger partial charge in [0, 0.05) is 42.8 Å². The predicted molar refractivity (Wildman–Crippen MR) is 227 cm³/mol. The fraction of sp³-hybridized carbons (Fsp3) is 0.184. The highest BCUT2D eigenvalue weighted by Gasteiger charge is 2.50. The second-order valence-electron chi connectivity index (χ2n) is 15.5. The fourth-order valence-electron chi connectivity index (χ4n) is 9.94. The minimum absolute atomic E-state index is 0.0256. The molecule has 5 aliphatic rings. The van der Waals surface area contributed by atoms with Crippen LogP contribution in [0.5, 0.6) is 0 Å². The molecule has 4 unspecified atom stereocenters. The molecule has 5 aromatic carbocycles. The van der Waals surface area contributed by atoms with Crippen molar-refractivity contribution in [3.05, 3.63) is 185 Å². The molecule has 53 heavy (non-hydrogen) atoms. The maximum absolute atomic E-state index is 2.66. The van der Waals surface area contributed by atoms with Crippen LogP contribution in [0.2, 0.25) is 0 Å². The van der Waals surface area contributed by atoms with Crippen LogP contribution in [0.4, 0.5) is 22.7 Å². The third-order valence-electron chi connectivity index (χ3n) is 12.3. The summed E-state index contributed by atoms with van der Waals surface area (Å²) in [6, 6.07) is 46.4. The van der Waals surface area contributed by atoms with E-state index in [1.165, 1.54) is 76.0 Å². The summed E-state index contributed by atoms with van der Waals surface area (Å²) in [5, 5.41) is 1.76. The van der Waals surface area contributed by atoms with Gasteiger partial charge in [-0.05, 0) is 100 Å². The van der Waals surface area contributed by atoms with E-state index in [0.29, 0.717) is 11.2 Å². The van der Waals surface area contributed by atoms with Crippen molar-refractivity contribution >= 4 is 67.1 Å². The number of fused-ring (bicyclic) bond motifs is 10. The van der Waals surface area contributed by atoms with Crippen molar-refractivity contribution in [2.45, 2.75) is 54.3 Å². The lowest BCUT2D eigenvalue weighted by atomic mass is 9.71. The van der Waals surface area contributed by atoms with Gasteiger partial charge >= 0.3 is 0 Å². The Hall–Kier alpha value is -5.03. The van der Waals surface area contributed by atoms with Crippen molar-refractivity contribution in [1.82, 2.24) is 0 Å². The number of hydrogen-bond donors (Lipinski definition) is 0. The minimum Gasteiger partial charge on any atom is -0.334 e. The molecular weight excluding hydrogens is 681 g/mol. The number of thiophene rings is 1. The van der Waals surface area contributed by atoms with Crippen molar-refractivity contribution in [2.24, 2.45) is 5.92 Å². The molecule has 11 rings (SSSR count). The lowest BCUT2D eigenvalue weighted by molar-refractivity contribution is 0.379. The van der Waals surface area contributed by atoms with E-state index >= 15 is 0 Å². The molecule has 0 saturated carbocycles. The summed E-state index contributed by atoms with van der Waals surface area (Å²) in [4.78, 5) is 8.18. The van der Waals surface area contributed by atoms with Gasteiger partial charge in [-0.3, -0.25) is 0 Å². The summed E-state index contributed by atoms with van der Waals surface area (Å²) in [6.07, 6.45) is 16.3. The highest BCUT2D eigenvalue weighted by molar-refractivity contribution is 8.00. The van der Waals surface area contributed by atoms with Crippen LogP contribution >= 0.6 is 23.1 Å². The summed E-state index contributed by atoms with van der Waals surface area (Å²) in [5.41, 5.74) is 13.4. The molecule has 0 radical (unpaired) electrons. The Morgan fingerprint density at radius 2 is 1.53 bits per heavy atom. The topological polar surface area (TPSA) is 6.48 Å². The van der Waals surface area contributed by atoms with Gasteiger partial charge in [0.15, 0.2) is 0 Å². The highest BCUT2D eigenvalue weighted by atomic mass is 32.2. The number of benzene rings is 5. The van der Waals surface area contributed by atoms with Crippen LogP contribution in [0.1, 0.15) is 65.1 Å². The first-order valence-corrected chi connectivity index (χ1v) is 20.7. The number of allylic oxidation sites excluding steroid dienone is 6. The van der Waals surface area contributed by atoms with Gasteiger partial charge in [-0.25, -0.2) is 0 Å². The number of anilines is 4. The monoisotopic (exact) mass is 720 g/mol. The molecule has 0 spiro atoms. The zero-order chi connectivity index (χ0) is 35.3. The van der Waals surface area contributed by atoms with Gasteiger partial charge in [0.1, 0.15) is 0 Å². The van der Waals surface area contributed by atoms with Gasteiger partial charge in [-0.15, -0.1) is 23.1 Å². The van der Waals surface area contributed by atoms with Crippen LogP contribution in [0.3, 0.4) is 0 Å². The maximum atomic E-state index is 2.66. The van der Waals surface area contributed by atoms with Crippen molar-refractivity contribution in [2.75, 3.05) is 9.80 Å². The van der Waals surface area contributed by atoms with Gasteiger partial charge in [0.05, 0.1) is 23.0 Å². The molecule has 1 aromatic heterocycles. The van der Waals surface area contributed by atoms with Gasteiger partial charge in [0.25, 0.3) is 0 Å². The molecular formula is C49H40N2S2. The van der Waals surface area contributed by atoms with Crippen LogP contribution in [-0.4, -0.2) is 6.04 Å². The number of rotatable bonds is 5. The van der Waals surface area contributed by atoms with E-state index in [9.17, 15) is 0 Å². The molecule has 0 saturated heterocycles. The van der Waals surface area contributed by atoms with E-state index in [0.717, 1.165) is 12.8 Å². The quantitative estimate of drug-likeness (QED) is 0.175. The third-order valence-corrected chi connectivity index (χ3v) is 15.1. The fourth-order valence-corrected chi connectivity index (χ4v) is 12.8. The highest BCUT2D eigenvalue weighted by Crippen LogP contribution is 2.67. The van der Waals surface area contributed by atoms with Crippen molar-refractivity contribution < 1.29 is 0 Å². The number of hydrogen-bond acceptors (Lipinski definition) is 4. The maximum Gasteiger partial charge on any atom is 0.0774 e. The molecule has 3 heterocycles. The third kappa shape index (κ3) is 4.71. The van der Waals surface area contributed by atoms with Crippen LogP contribution in [-0.2, 0) is 5.41 Å². The Labute approximate surface area is 320 Å². The van der Waals surface area contributed by atoms with Crippen LogP contribution in [0.15, 0.2) is 163 Å². The van der Waals surface area contributed by atoms with Gasteiger partial charge in [-0.1, -0.05) is 123 Å². The molecule has 0 amide bonds. The van der Waals surface area contributed by atoms with Gasteiger partial charge in [-0.2, -0.15) is 0 Å². The van der Waals surface area contributed by atoms with Gasteiger partial charge < -0.3 is 9.80 Å². The number of nitrogens with zero attached hydrogens (tertiary/aromatic N) is 2. The molecule has 4 heteroatoms. The minimum atomic E-state index is -0.0256. The first kappa shape index (κ1) is 31.5. The molecule has 2 nitrogen and oxygen atoms in total. The average molecular weight is 721 g/mol. The molecule has 0 bridgehead atoms. The van der Waals surface area contributed by atoms with E-state index in [4.69, 9.17) is 0 Å². The first-order valence-electron chi connectivity index (χ1n) is 19.0. The Kier molecular flexibility index (Phi) is 7.13. The zero-order valence-corrected chi connectivity index (χ0v) is 31.6. The summed E-state index contributed by atoms with van der Waals surface area (Å²) in [6.45, 7) is 4.89. The predicted octanol–water partition coefficient (Wildman–Crippen LogP) is 13.7. The van der Waals surface area contributed by atoms with Crippen LogP contribution < -0.4 is 9.80 Å². The summed E-state index contributed by atoms with van der Waals surface area (Å²) in [5.74, 6) is 0.305. The Morgan fingerprint density at radius 3 is 2.36 bits per heavy atom. The lowest BCUT2D eigenvalue weighted by Gasteiger charge is -2.43. The Balaban J connectivity index is 1.03. The molecule has 0 fully saturated rings.